The summed E-state index contributed by atoms with van der Waals surface area (Å²) in [5.74, 6) is -0.928. The first-order chi connectivity index (χ1) is 18.0. The summed E-state index contributed by atoms with van der Waals surface area (Å²) in [6, 6.07) is 7.92. The summed E-state index contributed by atoms with van der Waals surface area (Å²) in [6.07, 6.45) is -0.323. The minimum absolute atomic E-state index is 0.0428. The van der Waals surface area contributed by atoms with Gasteiger partial charge < -0.3 is 44.9 Å². The van der Waals surface area contributed by atoms with Gasteiger partial charge in [0.2, 0.25) is 6.10 Å². The van der Waals surface area contributed by atoms with E-state index in [0.717, 1.165) is 18.6 Å². The lowest BCUT2D eigenvalue weighted by atomic mass is 9.97. The van der Waals surface area contributed by atoms with Gasteiger partial charge >= 0.3 is 11.8 Å². The molecule has 0 bridgehead atoms. The Morgan fingerprint density at radius 2 is 2.03 bits per heavy atom. The Morgan fingerprint density at radius 3 is 2.74 bits per heavy atom. The molecule has 0 aromatic heterocycles. The third kappa shape index (κ3) is 5.87. The number of aliphatic hydroxyl groups excluding tert-OH is 2. The van der Waals surface area contributed by atoms with E-state index in [1.807, 2.05) is 18.2 Å². The minimum atomic E-state index is -2.66. The van der Waals surface area contributed by atoms with Gasteiger partial charge in [-0.05, 0) is 44.2 Å². The van der Waals surface area contributed by atoms with Gasteiger partial charge in [-0.3, -0.25) is 10.1 Å². The van der Waals surface area contributed by atoms with Gasteiger partial charge in [-0.15, -0.1) is 0 Å². The Balaban J connectivity index is 1.23. The lowest BCUT2D eigenvalue weighted by molar-refractivity contribution is -0.632. The van der Waals surface area contributed by atoms with Gasteiger partial charge in [0.1, 0.15) is 24.6 Å². The van der Waals surface area contributed by atoms with Crippen molar-refractivity contribution >= 4 is 6.09 Å². The number of carbonyl (C=O) groups excluding carboxylic acids is 1. The Kier molecular flexibility index (Phi) is 8.45. The van der Waals surface area contributed by atoms with Crippen LogP contribution in [0, 0.1) is 10.1 Å². The molecular weight excluding hydrogens is 502 g/mol. The number of β-amino-alcohol motifs (C(OH)–C–C–N with tert-alkyl or cyclic N) is 1. The number of rotatable bonds is 11. The molecule has 3 fully saturated rings. The molecule has 5 atom stereocenters. The summed E-state index contributed by atoms with van der Waals surface area (Å²) in [6.45, 7) is 2.69. The first kappa shape index (κ1) is 28.5. The van der Waals surface area contributed by atoms with Crippen LogP contribution in [-0.4, -0.2) is 94.6 Å². The first-order valence-electron chi connectivity index (χ1n) is 12.9. The van der Waals surface area contributed by atoms with Crippen molar-refractivity contribution in [2.45, 2.75) is 80.8 Å². The molecule has 0 spiro atoms. The third-order valence-corrected chi connectivity index (χ3v) is 7.39. The molecule has 3 aliphatic rings. The normalized spacial score (nSPS) is 30.1. The van der Waals surface area contributed by atoms with E-state index in [1.54, 1.807) is 13.8 Å². The van der Waals surface area contributed by atoms with E-state index in [0.29, 0.717) is 5.92 Å². The van der Waals surface area contributed by atoms with Crippen molar-refractivity contribution in [2.24, 2.45) is 0 Å². The van der Waals surface area contributed by atoms with Gasteiger partial charge in [0.25, 0.3) is 5.79 Å². The number of hydrogen-bond acceptors (Lipinski definition) is 11. The van der Waals surface area contributed by atoms with Gasteiger partial charge in [0.05, 0.1) is 11.5 Å². The van der Waals surface area contributed by atoms with E-state index in [-0.39, 0.29) is 19.7 Å². The lowest BCUT2D eigenvalue weighted by Crippen LogP contribution is -2.58. The van der Waals surface area contributed by atoms with Crippen molar-refractivity contribution < 1.29 is 44.0 Å². The van der Waals surface area contributed by atoms with Crippen LogP contribution in [0.5, 0.6) is 5.75 Å². The number of ether oxygens (including phenoxy) is 4. The van der Waals surface area contributed by atoms with E-state index >= 15 is 0 Å². The number of benzene rings is 1. The molecule has 1 aliphatic carbocycles. The molecule has 2 saturated heterocycles. The highest BCUT2D eigenvalue weighted by Crippen LogP contribution is 2.44. The van der Waals surface area contributed by atoms with E-state index in [2.05, 4.69) is 16.7 Å². The molecule has 2 aliphatic heterocycles. The number of para-hydroxylation sites is 1. The predicted octanol–water partition coefficient (Wildman–Crippen LogP) is 0.630. The second-order valence-electron chi connectivity index (χ2n) is 10.9. The van der Waals surface area contributed by atoms with Gasteiger partial charge in [0, 0.05) is 18.6 Å². The van der Waals surface area contributed by atoms with Crippen molar-refractivity contribution in [2.75, 3.05) is 32.9 Å². The molecule has 1 saturated carbocycles. The number of amides is 1. The second kappa shape index (κ2) is 11.3. The maximum absolute atomic E-state index is 12.5. The quantitative estimate of drug-likeness (QED) is 0.151. The Labute approximate surface area is 220 Å². The second-order valence-corrected chi connectivity index (χ2v) is 10.9. The summed E-state index contributed by atoms with van der Waals surface area (Å²) in [5, 5.41) is 48.0. The van der Waals surface area contributed by atoms with Crippen LogP contribution in [0.2, 0.25) is 0 Å². The van der Waals surface area contributed by atoms with Crippen LogP contribution in [0.3, 0.4) is 0 Å². The van der Waals surface area contributed by atoms with E-state index in [1.165, 1.54) is 18.4 Å². The number of aliphatic hydroxyl groups is 3. The molecule has 1 aromatic carbocycles. The zero-order valence-corrected chi connectivity index (χ0v) is 21.6. The zero-order chi connectivity index (χ0) is 27.6. The number of alkyl carbamates (subject to hydrolysis) is 1. The zero-order valence-electron chi connectivity index (χ0n) is 21.6. The van der Waals surface area contributed by atoms with Crippen LogP contribution >= 0.6 is 0 Å². The number of nitrogens with one attached hydrogen (secondary N) is 2. The Morgan fingerprint density at radius 1 is 1.32 bits per heavy atom. The van der Waals surface area contributed by atoms with Crippen molar-refractivity contribution in [3.05, 3.63) is 39.9 Å². The van der Waals surface area contributed by atoms with Crippen molar-refractivity contribution in [3.63, 3.8) is 0 Å². The van der Waals surface area contributed by atoms with Crippen molar-refractivity contribution in [3.8, 4) is 5.75 Å². The van der Waals surface area contributed by atoms with E-state index < -0.39 is 59.6 Å². The number of nitro groups is 1. The van der Waals surface area contributed by atoms with Crippen LogP contribution in [-0.2, 0) is 14.2 Å². The Hall–Kier alpha value is -2.55. The van der Waals surface area contributed by atoms with Crippen LogP contribution in [0.4, 0.5) is 4.79 Å². The van der Waals surface area contributed by atoms with E-state index in [4.69, 9.17) is 18.9 Å². The lowest BCUT2D eigenvalue weighted by Gasteiger charge is -2.31. The summed E-state index contributed by atoms with van der Waals surface area (Å²) < 4.78 is 21.5. The van der Waals surface area contributed by atoms with Crippen molar-refractivity contribution in [1.82, 2.24) is 10.6 Å². The summed E-state index contributed by atoms with van der Waals surface area (Å²) in [4.78, 5) is 22.8. The molecular formula is C25H37N3O10. The SMILES string of the molecule is CC(C)(CNC(=O)O[C@@]12OC[C@](O)([N+](=O)[O-])[C@H]1OC[C@@H]2O)NCC(O)COc1ccccc1C1CCCC1. The van der Waals surface area contributed by atoms with Gasteiger partial charge in [-0.1, -0.05) is 31.0 Å². The van der Waals surface area contributed by atoms with Gasteiger partial charge in [0.15, 0.2) is 6.61 Å². The number of hydrogen-bond donors (Lipinski definition) is 5. The highest BCUT2D eigenvalue weighted by molar-refractivity contribution is 5.68. The van der Waals surface area contributed by atoms with Crippen LogP contribution < -0.4 is 15.4 Å². The molecule has 38 heavy (non-hydrogen) atoms. The van der Waals surface area contributed by atoms with Crippen molar-refractivity contribution in [1.29, 1.82) is 0 Å². The maximum atomic E-state index is 12.5. The fraction of sp³-hybridized carbons (Fsp3) is 0.720. The molecule has 4 rings (SSSR count). The van der Waals surface area contributed by atoms with Gasteiger partial charge in [-0.25, -0.2) is 4.79 Å². The molecule has 2 heterocycles. The molecule has 13 heteroatoms. The fourth-order valence-electron chi connectivity index (χ4n) is 5.18. The molecule has 1 aromatic rings. The topological polar surface area (TPSA) is 182 Å². The van der Waals surface area contributed by atoms with Crippen LogP contribution in [0.15, 0.2) is 24.3 Å². The number of fused-ring (bicyclic) bond motifs is 1. The first-order valence-corrected chi connectivity index (χ1v) is 12.9. The Bertz CT molecular complexity index is 1000. The molecule has 0 radical (unpaired) electrons. The largest absolute Gasteiger partial charge is 0.491 e. The monoisotopic (exact) mass is 539 g/mol. The molecule has 212 valence electrons. The fourth-order valence-corrected chi connectivity index (χ4v) is 5.18. The minimum Gasteiger partial charge on any atom is -0.491 e. The summed E-state index contributed by atoms with van der Waals surface area (Å²) in [7, 11) is 0. The molecule has 1 amide bonds. The molecule has 1 unspecified atom stereocenters. The van der Waals surface area contributed by atoms with Gasteiger partial charge in [-0.2, -0.15) is 0 Å². The summed E-state index contributed by atoms with van der Waals surface area (Å²) >= 11 is 0. The maximum Gasteiger partial charge on any atom is 0.409 e. The van der Waals surface area contributed by atoms with Crippen LogP contribution in [0.1, 0.15) is 51.0 Å². The predicted molar refractivity (Wildman–Crippen MR) is 132 cm³/mol. The average Bonchev–Trinajstić information content (AvgIpc) is 3.59. The highest BCUT2D eigenvalue weighted by atomic mass is 16.8. The van der Waals surface area contributed by atoms with Crippen LogP contribution in [0.25, 0.3) is 0 Å². The summed E-state index contributed by atoms with van der Waals surface area (Å²) in [5.41, 5.74) is -2.17. The smallest absolute Gasteiger partial charge is 0.409 e. The number of carbonyl (C=O) groups is 1. The third-order valence-electron chi connectivity index (χ3n) is 7.39. The molecule has 13 nitrogen and oxygen atoms in total. The standard InChI is InChI=1S/C25H37N3O10/c1-23(2,27-11-17(29)12-35-19-10-6-5-9-18(19)16-7-3-4-8-16)14-26-22(31)38-25-20(30)13-36-21(25)24(32,15-37-25)28(33)34/h5-6,9-10,16-17,20-21,27,29-30,32H,3-4,7-8,11-15H2,1-2H3,(H,26,31)/t17?,20-,21+,24+,25+/m0/s1. The highest BCUT2D eigenvalue weighted by Gasteiger charge is 2.75. The molecule has 5 N–H and O–H groups in total. The van der Waals surface area contributed by atoms with E-state index in [9.17, 15) is 30.2 Å². The number of nitrogens with zero attached hydrogens (tertiary/aromatic N) is 1. The average molecular weight is 540 g/mol.